The molecular weight excluding hydrogens is 193 g/mol. The third-order valence-electron chi connectivity index (χ3n) is 2.07. The summed E-state index contributed by atoms with van der Waals surface area (Å²) in [6, 6.07) is 10.9. The maximum atomic E-state index is 5.70. The Bertz CT molecular complexity index is 225. The molecule has 0 unspecified atom stereocenters. The molecule has 0 amide bonds. The zero-order valence-electron chi connectivity index (χ0n) is 6.64. The van der Waals surface area contributed by atoms with Crippen molar-refractivity contribution in [3.05, 3.63) is 35.9 Å². The molecule has 0 spiro atoms. The van der Waals surface area contributed by atoms with Crippen LogP contribution in [0.1, 0.15) is 17.9 Å². The molecule has 2 rings (SSSR count). The van der Waals surface area contributed by atoms with E-state index in [1.54, 1.807) is 0 Å². The van der Waals surface area contributed by atoms with Crippen LogP contribution in [0.4, 0.5) is 0 Å². The van der Waals surface area contributed by atoms with Crippen molar-refractivity contribution in [1.29, 1.82) is 0 Å². The Morgan fingerprint density at radius 2 is 1.58 bits per heavy atom. The lowest BCUT2D eigenvalue weighted by atomic mass is 10.1. The molecule has 0 heterocycles. The van der Waals surface area contributed by atoms with E-state index in [2.05, 4.69) is 24.3 Å². The van der Waals surface area contributed by atoms with E-state index >= 15 is 0 Å². The van der Waals surface area contributed by atoms with Crippen LogP contribution in [-0.2, 0) is 0 Å². The van der Waals surface area contributed by atoms with Gasteiger partial charge in [-0.15, -0.1) is 24.8 Å². The molecule has 0 bridgehead atoms. The minimum atomic E-state index is 0. The van der Waals surface area contributed by atoms with Crippen LogP contribution >= 0.6 is 24.8 Å². The molecule has 1 saturated carbocycles. The van der Waals surface area contributed by atoms with E-state index in [1.165, 1.54) is 12.0 Å². The van der Waals surface area contributed by atoms with E-state index in [0.29, 0.717) is 12.0 Å². The van der Waals surface area contributed by atoms with E-state index in [-0.39, 0.29) is 24.8 Å². The van der Waals surface area contributed by atoms with Crippen molar-refractivity contribution in [3.63, 3.8) is 0 Å². The molecule has 2 atom stereocenters. The first kappa shape index (κ1) is 11.8. The van der Waals surface area contributed by atoms with Gasteiger partial charge in [0.2, 0.25) is 0 Å². The number of nitrogens with two attached hydrogens (primary N) is 1. The Hall–Kier alpha value is -0.240. The molecule has 1 aliphatic rings. The summed E-state index contributed by atoms with van der Waals surface area (Å²) in [5.74, 6) is 0.654. The van der Waals surface area contributed by atoms with Gasteiger partial charge in [0, 0.05) is 12.0 Å². The summed E-state index contributed by atoms with van der Waals surface area (Å²) in [5, 5.41) is 0. The average Bonchev–Trinajstić information content (AvgIpc) is 2.69. The fourth-order valence-corrected chi connectivity index (χ4v) is 1.30. The Morgan fingerprint density at radius 1 is 1.08 bits per heavy atom. The molecule has 1 aromatic carbocycles. The predicted molar refractivity (Wildman–Crippen MR) is 56.3 cm³/mol. The topological polar surface area (TPSA) is 26.0 Å². The minimum Gasteiger partial charge on any atom is -0.327 e. The molecule has 1 fully saturated rings. The maximum Gasteiger partial charge on any atom is 0.0115 e. The Labute approximate surface area is 85.2 Å². The smallest absolute Gasteiger partial charge is 0.0115 e. The second-order valence-electron chi connectivity index (χ2n) is 2.92. The lowest BCUT2D eigenvalue weighted by Crippen LogP contribution is -2.00. The highest BCUT2D eigenvalue weighted by molar-refractivity contribution is 5.85. The first-order chi connectivity index (χ1) is 4.88. The number of halogens is 2. The van der Waals surface area contributed by atoms with Crippen molar-refractivity contribution in [3.8, 4) is 0 Å². The second kappa shape index (κ2) is 4.70. The zero-order valence-corrected chi connectivity index (χ0v) is 8.28. The Morgan fingerprint density at radius 3 is 2.00 bits per heavy atom. The van der Waals surface area contributed by atoms with Crippen molar-refractivity contribution < 1.29 is 0 Å². The summed E-state index contributed by atoms with van der Waals surface area (Å²) in [7, 11) is 0. The zero-order chi connectivity index (χ0) is 6.97. The molecule has 68 valence electrons. The van der Waals surface area contributed by atoms with Gasteiger partial charge in [0.25, 0.3) is 0 Å². The third-order valence-corrected chi connectivity index (χ3v) is 2.07. The van der Waals surface area contributed by atoms with Gasteiger partial charge in [-0.1, -0.05) is 30.3 Å². The summed E-state index contributed by atoms with van der Waals surface area (Å²) in [6.07, 6.45) is 1.17. The molecule has 1 aliphatic carbocycles. The van der Waals surface area contributed by atoms with Crippen molar-refractivity contribution in [2.75, 3.05) is 0 Å². The van der Waals surface area contributed by atoms with E-state index in [0.717, 1.165) is 0 Å². The fraction of sp³-hybridized carbons (Fsp3) is 0.333. The van der Waals surface area contributed by atoms with Gasteiger partial charge in [0.05, 0.1) is 0 Å². The number of rotatable bonds is 1. The van der Waals surface area contributed by atoms with E-state index < -0.39 is 0 Å². The molecule has 1 nitrogen and oxygen atoms in total. The second-order valence-corrected chi connectivity index (χ2v) is 2.92. The van der Waals surface area contributed by atoms with Crippen LogP contribution in [0.2, 0.25) is 0 Å². The summed E-state index contributed by atoms with van der Waals surface area (Å²) < 4.78 is 0. The van der Waals surface area contributed by atoms with Crippen molar-refractivity contribution in [2.24, 2.45) is 5.73 Å². The fourth-order valence-electron chi connectivity index (χ4n) is 1.30. The normalized spacial score (nSPS) is 25.1. The van der Waals surface area contributed by atoms with Crippen LogP contribution < -0.4 is 5.73 Å². The van der Waals surface area contributed by atoms with Crippen LogP contribution in [0, 0.1) is 0 Å². The number of hydrogen-bond acceptors (Lipinski definition) is 1. The Kier molecular flexibility index (Phi) is 4.61. The lowest BCUT2D eigenvalue weighted by molar-refractivity contribution is 0.991. The van der Waals surface area contributed by atoms with Gasteiger partial charge in [-0.05, 0) is 12.0 Å². The molecule has 2 N–H and O–H groups in total. The predicted octanol–water partition coefficient (Wildman–Crippen LogP) is 2.34. The molecule has 0 saturated heterocycles. The highest BCUT2D eigenvalue weighted by Gasteiger charge is 2.34. The molecule has 0 aromatic heterocycles. The van der Waals surface area contributed by atoms with E-state index in [4.69, 9.17) is 5.73 Å². The lowest BCUT2D eigenvalue weighted by Gasteiger charge is -1.94. The minimum absolute atomic E-state index is 0. The molecule has 1 aromatic rings. The SMILES string of the molecule is Cl.Cl.N[C@@H]1C[C@H]1c1ccccc1. The van der Waals surface area contributed by atoms with Crippen LogP contribution in [0.3, 0.4) is 0 Å². The van der Waals surface area contributed by atoms with Gasteiger partial charge >= 0.3 is 0 Å². The quantitative estimate of drug-likeness (QED) is 0.749. The maximum absolute atomic E-state index is 5.70. The first-order valence-electron chi connectivity index (χ1n) is 3.68. The summed E-state index contributed by atoms with van der Waals surface area (Å²) in [4.78, 5) is 0. The monoisotopic (exact) mass is 205 g/mol. The highest BCUT2D eigenvalue weighted by atomic mass is 35.5. The van der Waals surface area contributed by atoms with Crippen LogP contribution in [-0.4, -0.2) is 6.04 Å². The first-order valence-corrected chi connectivity index (χ1v) is 3.68. The van der Waals surface area contributed by atoms with Gasteiger partial charge in [-0.3, -0.25) is 0 Å². The largest absolute Gasteiger partial charge is 0.327 e. The summed E-state index contributed by atoms with van der Waals surface area (Å²) in [6.45, 7) is 0. The highest BCUT2D eigenvalue weighted by Crippen LogP contribution is 2.38. The van der Waals surface area contributed by atoms with Gasteiger partial charge in [0.15, 0.2) is 0 Å². The Balaban J connectivity index is 0.000000605. The standard InChI is InChI=1S/C9H11N.2ClH/c10-9-6-8(9)7-4-2-1-3-5-7;;/h1-5,8-9H,6,10H2;2*1H/t8-,9+;;/m0../s1. The van der Waals surface area contributed by atoms with Gasteiger partial charge in [0.1, 0.15) is 0 Å². The molecule has 3 heteroatoms. The van der Waals surface area contributed by atoms with Crippen LogP contribution in [0.25, 0.3) is 0 Å². The van der Waals surface area contributed by atoms with Gasteiger partial charge in [-0.25, -0.2) is 0 Å². The third kappa shape index (κ3) is 2.37. The van der Waals surface area contributed by atoms with Crippen LogP contribution in [0.5, 0.6) is 0 Å². The van der Waals surface area contributed by atoms with Gasteiger partial charge < -0.3 is 5.73 Å². The van der Waals surface area contributed by atoms with Crippen LogP contribution in [0.15, 0.2) is 30.3 Å². The average molecular weight is 206 g/mol. The summed E-state index contributed by atoms with van der Waals surface area (Å²) in [5.41, 5.74) is 7.10. The molecule has 12 heavy (non-hydrogen) atoms. The van der Waals surface area contributed by atoms with Crippen molar-refractivity contribution >= 4 is 24.8 Å². The van der Waals surface area contributed by atoms with Crippen molar-refractivity contribution in [2.45, 2.75) is 18.4 Å². The van der Waals surface area contributed by atoms with Gasteiger partial charge in [-0.2, -0.15) is 0 Å². The van der Waals surface area contributed by atoms with Crippen molar-refractivity contribution in [1.82, 2.24) is 0 Å². The number of hydrogen-bond donors (Lipinski definition) is 1. The molecule has 0 aliphatic heterocycles. The molecular formula is C9H13Cl2N. The number of benzene rings is 1. The molecule has 0 radical (unpaired) electrons. The summed E-state index contributed by atoms with van der Waals surface area (Å²) >= 11 is 0. The van der Waals surface area contributed by atoms with E-state index in [1.807, 2.05) is 6.07 Å². The van der Waals surface area contributed by atoms with E-state index in [9.17, 15) is 0 Å².